The molecular formula is C63H61B2N3O5. The number of anilines is 6. The van der Waals surface area contributed by atoms with E-state index in [0.717, 1.165) is 89.5 Å². The predicted molar refractivity (Wildman–Crippen MR) is 300 cm³/mol. The van der Waals surface area contributed by atoms with Gasteiger partial charge in [-0.05, 0) is 177 Å². The van der Waals surface area contributed by atoms with Crippen molar-refractivity contribution in [2.45, 2.75) is 97.7 Å². The maximum atomic E-state index is 6.61. The molecule has 4 heterocycles. The minimum Gasteiger partial charge on any atom is -0.457 e. The maximum Gasteiger partial charge on any atom is 0.494 e. The lowest BCUT2D eigenvalue weighted by molar-refractivity contribution is 0.00578. The van der Waals surface area contributed by atoms with Crippen molar-refractivity contribution < 1.29 is 23.4 Å². The highest BCUT2D eigenvalue weighted by molar-refractivity contribution is 6.62. The first-order valence-electron chi connectivity index (χ1n) is 25.5. The number of para-hydroxylation sites is 2. The second-order valence-corrected chi connectivity index (χ2v) is 22.1. The van der Waals surface area contributed by atoms with Crippen LogP contribution in [-0.4, -0.2) is 41.2 Å². The van der Waals surface area contributed by atoms with Crippen LogP contribution in [0.25, 0.3) is 21.8 Å². The third-order valence-electron chi connectivity index (χ3n) is 16.1. The summed E-state index contributed by atoms with van der Waals surface area (Å²) in [6.07, 6.45) is 0. The molecule has 2 fully saturated rings. The largest absolute Gasteiger partial charge is 0.494 e. The summed E-state index contributed by atoms with van der Waals surface area (Å²) >= 11 is 0. The van der Waals surface area contributed by atoms with Crippen LogP contribution in [-0.2, 0) is 18.6 Å². The van der Waals surface area contributed by atoms with Gasteiger partial charge >= 0.3 is 14.2 Å². The molecule has 364 valence electrons. The van der Waals surface area contributed by atoms with Crippen LogP contribution in [0.2, 0.25) is 0 Å². The van der Waals surface area contributed by atoms with Gasteiger partial charge in [0.25, 0.3) is 0 Å². The van der Waals surface area contributed by atoms with Crippen LogP contribution in [0, 0.1) is 13.8 Å². The topological polar surface area (TPSA) is 57.6 Å². The molecule has 12 rings (SSSR count). The van der Waals surface area contributed by atoms with Gasteiger partial charge in [-0.1, -0.05) is 96.1 Å². The summed E-state index contributed by atoms with van der Waals surface area (Å²) in [7, 11) is -0.923. The number of hydrogen-bond donors (Lipinski definition) is 0. The van der Waals surface area contributed by atoms with E-state index >= 15 is 0 Å². The second-order valence-electron chi connectivity index (χ2n) is 22.1. The molecule has 2 saturated heterocycles. The van der Waals surface area contributed by atoms with Crippen molar-refractivity contribution in [1.82, 2.24) is 4.57 Å². The third-order valence-corrected chi connectivity index (χ3v) is 16.1. The van der Waals surface area contributed by atoms with Crippen molar-refractivity contribution in [3.8, 4) is 11.5 Å². The molecule has 0 spiro atoms. The quantitative estimate of drug-likeness (QED) is 0.134. The molecule has 73 heavy (non-hydrogen) atoms. The number of fused-ring (bicyclic) bond motifs is 5. The van der Waals surface area contributed by atoms with Crippen molar-refractivity contribution in [2.24, 2.45) is 0 Å². The van der Waals surface area contributed by atoms with Gasteiger partial charge in [0.1, 0.15) is 11.5 Å². The molecule has 1 aromatic heterocycles. The third kappa shape index (κ3) is 8.03. The molecule has 0 radical (unpaired) electrons. The van der Waals surface area contributed by atoms with Gasteiger partial charge in [-0.25, -0.2) is 0 Å². The SMILES string of the molecule is Cc1ccc(N(c2ccc(B3OC(C)(C)C(C)(C)O3)cc2)c2ccc3c(c2)c2cc(N(c4ccc(C)cc4)c4ccc(B5OC(C)(C)C(C)(C)O5)cc4)ccc2n3C2c3ccccc3Oc3ccccc32)cc1. The van der Waals surface area contributed by atoms with Crippen molar-refractivity contribution in [1.29, 1.82) is 0 Å². The van der Waals surface area contributed by atoms with Crippen LogP contribution in [0.1, 0.15) is 83.7 Å². The van der Waals surface area contributed by atoms with Crippen LogP contribution < -0.4 is 25.5 Å². The predicted octanol–water partition coefficient (Wildman–Crippen LogP) is 14.7. The van der Waals surface area contributed by atoms with Gasteiger partial charge in [-0.3, -0.25) is 0 Å². The molecule has 8 aromatic carbocycles. The highest BCUT2D eigenvalue weighted by atomic mass is 16.7. The van der Waals surface area contributed by atoms with Crippen molar-refractivity contribution in [3.63, 3.8) is 0 Å². The molecule has 0 saturated carbocycles. The number of hydrogen-bond acceptors (Lipinski definition) is 7. The molecule has 0 atom stereocenters. The summed E-state index contributed by atoms with van der Waals surface area (Å²) in [5.74, 6) is 1.72. The Kier molecular flexibility index (Phi) is 11.1. The first-order chi connectivity index (χ1) is 34.9. The van der Waals surface area contributed by atoms with E-state index < -0.39 is 36.6 Å². The summed E-state index contributed by atoms with van der Waals surface area (Å²) in [4.78, 5) is 4.69. The van der Waals surface area contributed by atoms with Crippen molar-refractivity contribution in [3.05, 3.63) is 204 Å². The van der Waals surface area contributed by atoms with Crippen LogP contribution in [0.5, 0.6) is 11.5 Å². The van der Waals surface area contributed by atoms with Gasteiger partial charge in [0.15, 0.2) is 0 Å². The zero-order valence-corrected chi connectivity index (χ0v) is 43.4. The highest BCUT2D eigenvalue weighted by Gasteiger charge is 2.53. The molecule has 3 aliphatic heterocycles. The summed E-state index contributed by atoms with van der Waals surface area (Å²) in [5, 5.41) is 2.25. The van der Waals surface area contributed by atoms with Gasteiger partial charge in [-0.15, -0.1) is 0 Å². The molecule has 10 heteroatoms. The molecule has 0 amide bonds. The van der Waals surface area contributed by atoms with E-state index in [0.29, 0.717) is 0 Å². The molecule has 8 nitrogen and oxygen atoms in total. The Labute approximate surface area is 430 Å². The fourth-order valence-electron chi connectivity index (χ4n) is 10.6. The van der Waals surface area contributed by atoms with Crippen molar-refractivity contribution in [2.75, 3.05) is 9.80 Å². The zero-order valence-electron chi connectivity index (χ0n) is 43.4. The molecule has 0 aliphatic carbocycles. The number of benzene rings is 8. The average molecular weight is 962 g/mol. The molecule has 0 unspecified atom stereocenters. The lowest BCUT2D eigenvalue weighted by Gasteiger charge is -2.32. The second kappa shape index (κ2) is 17.3. The first kappa shape index (κ1) is 47.0. The van der Waals surface area contributed by atoms with Crippen LogP contribution in [0.15, 0.2) is 182 Å². The maximum absolute atomic E-state index is 6.61. The first-order valence-corrected chi connectivity index (χ1v) is 25.5. The van der Waals surface area contributed by atoms with Crippen LogP contribution >= 0.6 is 0 Å². The molecule has 9 aromatic rings. The number of ether oxygens (including phenoxy) is 1. The van der Waals surface area contributed by atoms with E-state index in [9.17, 15) is 0 Å². The normalized spacial score (nSPS) is 17.4. The van der Waals surface area contributed by atoms with Gasteiger partial charge < -0.3 is 37.7 Å². The van der Waals surface area contributed by atoms with Gasteiger partial charge in [0.05, 0.1) is 39.5 Å². The van der Waals surface area contributed by atoms with E-state index in [2.05, 4.69) is 266 Å². The average Bonchev–Trinajstić information content (AvgIpc) is 3.90. The Morgan fingerprint density at radius 1 is 0.384 bits per heavy atom. The van der Waals surface area contributed by atoms with Crippen LogP contribution in [0.4, 0.5) is 34.1 Å². The summed E-state index contributed by atoms with van der Waals surface area (Å²) in [6, 6.07) is 65.4. The molecule has 0 N–H and O–H groups in total. The lowest BCUT2D eigenvalue weighted by atomic mass is 9.79. The van der Waals surface area contributed by atoms with Gasteiger partial charge in [0.2, 0.25) is 0 Å². The number of nitrogens with zero attached hydrogens (tertiary/aromatic N) is 3. The van der Waals surface area contributed by atoms with E-state index in [4.69, 9.17) is 23.4 Å². The lowest BCUT2D eigenvalue weighted by Crippen LogP contribution is -2.41. The van der Waals surface area contributed by atoms with E-state index in [1.165, 1.54) is 11.1 Å². The minimum absolute atomic E-state index is 0.163. The number of rotatable bonds is 9. The summed E-state index contributed by atoms with van der Waals surface area (Å²) < 4.78 is 35.1. The molecular weight excluding hydrogens is 900 g/mol. The van der Waals surface area contributed by atoms with Crippen LogP contribution in [0.3, 0.4) is 0 Å². The fourth-order valence-corrected chi connectivity index (χ4v) is 10.6. The van der Waals surface area contributed by atoms with Crippen molar-refractivity contribution >= 4 is 81.1 Å². The van der Waals surface area contributed by atoms with E-state index in [1.54, 1.807) is 0 Å². The number of aromatic nitrogens is 1. The van der Waals surface area contributed by atoms with E-state index in [-0.39, 0.29) is 6.04 Å². The summed E-state index contributed by atoms with van der Waals surface area (Å²) in [5.41, 5.74) is 13.3. The Balaban J connectivity index is 1.05. The zero-order chi connectivity index (χ0) is 50.6. The number of aryl methyl sites for hydroxylation is 2. The Morgan fingerprint density at radius 3 is 1.05 bits per heavy atom. The van der Waals surface area contributed by atoms with Gasteiger partial charge in [-0.2, -0.15) is 0 Å². The monoisotopic (exact) mass is 961 g/mol. The molecule has 3 aliphatic rings. The Hall–Kier alpha value is -7.07. The standard InChI is InChI=1S/C63H61B2N3O5/c1-41-19-27-45(28-20-41)66(47-31-23-43(24-32-47)64-70-60(3,4)61(5,6)71-64)49-35-37-55-53(39-49)54-40-50(36-38-56(54)68(55)59-51-15-11-13-17-57(51)69-58-18-14-12-16-52(58)59)67(46-29-21-42(2)22-30-46)48-33-25-44(26-34-48)65-72-62(7,8)63(9,10)73-65/h11-40,59H,1-10H3. The highest BCUT2D eigenvalue weighted by Crippen LogP contribution is 2.50. The fraction of sp³-hybridized carbons (Fsp3) is 0.238. The van der Waals surface area contributed by atoms with Gasteiger partial charge in [0, 0.05) is 56.0 Å². The Bertz CT molecular complexity index is 3290. The van der Waals surface area contributed by atoms with E-state index in [1.807, 2.05) is 0 Å². The summed E-state index contributed by atoms with van der Waals surface area (Å²) in [6.45, 7) is 21.0. The molecule has 0 bridgehead atoms. The smallest absolute Gasteiger partial charge is 0.457 e. The Morgan fingerprint density at radius 2 is 0.699 bits per heavy atom. The minimum atomic E-state index is -0.462.